The normalized spacial score (nSPS) is 33.8. The minimum atomic E-state index is 0.396. The van der Waals surface area contributed by atoms with E-state index >= 15 is 0 Å². The fourth-order valence-electron chi connectivity index (χ4n) is 2.86. The Hall–Kier alpha value is -0.0800. The van der Waals surface area contributed by atoms with E-state index in [1.807, 2.05) is 0 Å². The highest BCUT2D eigenvalue weighted by Gasteiger charge is 2.32. The molecule has 2 nitrogen and oxygen atoms in total. The number of hydrogen-bond donors (Lipinski definition) is 0. The van der Waals surface area contributed by atoms with Crippen molar-refractivity contribution in [2.75, 3.05) is 19.7 Å². The highest BCUT2D eigenvalue weighted by molar-refractivity contribution is 4.85. The summed E-state index contributed by atoms with van der Waals surface area (Å²) < 4.78 is 5.98. The van der Waals surface area contributed by atoms with Gasteiger partial charge in [0.25, 0.3) is 0 Å². The second-order valence-electron chi connectivity index (χ2n) is 6.36. The molecule has 0 N–H and O–H groups in total. The van der Waals surface area contributed by atoms with Gasteiger partial charge in [-0.25, -0.2) is 0 Å². The molecule has 2 saturated heterocycles. The molecule has 2 aliphatic rings. The molecule has 15 heavy (non-hydrogen) atoms. The average Bonchev–Trinajstić information content (AvgIpc) is 2.15. The molecule has 2 atom stereocenters. The van der Waals surface area contributed by atoms with Crippen LogP contribution >= 0.6 is 0 Å². The van der Waals surface area contributed by atoms with Crippen LogP contribution < -0.4 is 0 Å². The van der Waals surface area contributed by atoms with Crippen molar-refractivity contribution >= 4 is 0 Å². The molecule has 0 saturated carbocycles. The number of morpholine rings is 1. The van der Waals surface area contributed by atoms with Gasteiger partial charge in [0.15, 0.2) is 0 Å². The van der Waals surface area contributed by atoms with E-state index in [-0.39, 0.29) is 0 Å². The third-order valence-electron chi connectivity index (χ3n) is 3.55. The van der Waals surface area contributed by atoms with Gasteiger partial charge in [-0.1, -0.05) is 27.2 Å². The van der Waals surface area contributed by atoms with Crippen LogP contribution in [0.15, 0.2) is 0 Å². The summed E-state index contributed by atoms with van der Waals surface area (Å²) in [7, 11) is 0. The zero-order valence-electron chi connectivity index (χ0n) is 10.5. The smallest absolute Gasteiger partial charge is 0.0707 e. The third kappa shape index (κ3) is 3.18. The first-order valence-corrected chi connectivity index (χ1v) is 6.40. The van der Waals surface area contributed by atoms with Gasteiger partial charge in [-0.3, -0.25) is 4.90 Å². The number of hydrogen-bond acceptors (Lipinski definition) is 2. The van der Waals surface area contributed by atoms with Crippen molar-refractivity contribution in [3.63, 3.8) is 0 Å². The van der Waals surface area contributed by atoms with Gasteiger partial charge < -0.3 is 4.74 Å². The SMILES string of the molecule is CC(C)(C)CC1CN2CCCCC2CO1. The maximum absolute atomic E-state index is 5.98. The first-order valence-electron chi connectivity index (χ1n) is 6.40. The van der Waals surface area contributed by atoms with Crippen molar-refractivity contribution in [1.82, 2.24) is 4.90 Å². The molecule has 0 aromatic rings. The van der Waals surface area contributed by atoms with Gasteiger partial charge in [0.2, 0.25) is 0 Å². The van der Waals surface area contributed by atoms with Crippen molar-refractivity contribution in [3.05, 3.63) is 0 Å². The van der Waals surface area contributed by atoms with Gasteiger partial charge in [-0.15, -0.1) is 0 Å². The molecule has 0 aromatic heterocycles. The number of ether oxygens (including phenoxy) is 1. The van der Waals surface area contributed by atoms with Crippen molar-refractivity contribution in [2.24, 2.45) is 5.41 Å². The summed E-state index contributed by atoms with van der Waals surface area (Å²) in [4.78, 5) is 2.66. The summed E-state index contributed by atoms with van der Waals surface area (Å²) in [5.74, 6) is 0. The molecule has 88 valence electrons. The summed E-state index contributed by atoms with van der Waals surface area (Å²) in [5.41, 5.74) is 0.396. The molecule has 0 aromatic carbocycles. The molecule has 2 heterocycles. The van der Waals surface area contributed by atoms with Crippen molar-refractivity contribution < 1.29 is 4.74 Å². The van der Waals surface area contributed by atoms with Gasteiger partial charge in [0.1, 0.15) is 0 Å². The second-order valence-corrected chi connectivity index (χ2v) is 6.36. The van der Waals surface area contributed by atoms with Gasteiger partial charge in [-0.2, -0.15) is 0 Å². The molecular weight excluding hydrogens is 186 g/mol. The second kappa shape index (κ2) is 4.42. The standard InChI is InChI=1S/C13H25NO/c1-13(2,3)8-12-9-14-7-5-4-6-11(14)10-15-12/h11-12H,4-10H2,1-3H3. The highest BCUT2D eigenvalue weighted by Crippen LogP contribution is 2.28. The van der Waals surface area contributed by atoms with Crippen LogP contribution in [0.3, 0.4) is 0 Å². The van der Waals surface area contributed by atoms with E-state index in [1.165, 1.54) is 38.8 Å². The van der Waals surface area contributed by atoms with Gasteiger partial charge in [-0.05, 0) is 31.2 Å². The largest absolute Gasteiger partial charge is 0.375 e. The summed E-state index contributed by atoms with van der Waals surface area (Å²) >= 11 is 0. The number of piperidine rings is 1. The monoisotopic (exact) mass is 211 g/mol. The minimum absolute atomic E-state index is 0.396. The lowest BCUT2D eigenvalue weighted by molar-refractivity contribution is -0.0868. The number of nitrogens with zero attached hydrogens (tertiary/aromatic N) is 1. The number of fused-ring (bicyclic) bond motifs is 1. The molecule has 0 aliphatic carbocycles. The fourth-order valence-corrected chi connectivity index (χ4v) is 2.86. The third-order valence-corrected chi connectivity index (χ3v) is 3.55. The first-order chi connectivity index (χ1) is 7.04. The van der Waals surface area contributed by atoms with Crippen LogP contribution in [-0.4, -0.2) is 36.7 Å². The van der Waals surface area contributed by atoms with E-state index in [9.17, 15) is 0 Å². The van der Waals surface area contributed by atoms with Gasteiger partial charge >= 0.3 is 0 Å². The van der Waals surface area contributed by atoms with Crippen LogP contribution in [-0.2, 0) is 4.74 Å². The summed E-state index contributed by atoms with van der Waals surface area (Å²) in [5, 5.41) is 0. The van der Waals surface area contributed by atoms with Crippen LogP contribution in [0.25, 0.3) is 0 Å². The topological polar surface area (TPSA) is 12.5 Å². The Kier molecular flexibility index (Phi) is 3.36. The fraction of sp³-hybridized carbons (Fsp3) is 1.00. The van der Waals surface area contributed by atoms with Crippen LogP contribution in [0.4, 0.5) is 0 Å². The van der Waals surface area contributed by atoms with E-state index in [2.05, 4.69) is 25.7 Å². The lowest BCUT2D eigenvalue weighted by Gasteiger charge is -2.43. The summed E-state index contributed by atoms with van der Waals surface area (Å²) in [6.07, 6.45) is 5.80. The Bertz CT molecular complexity index is 209. The summed E-state index contributed by atoms with van der Waals surface area (Å²) in [6, 6.07) is 0.731. The van der Waals surface area contributed by atoms with Gasteiger partial charge in [0.05, 0.1) is 12.7 Å². The number of rotatable bonds is 1. The maximum atomic E-state index is 5.98. The average molecular weight is 211 g/mol. The summed E-state index contributed by atoms with van der Waals surface area (Å²) in [6.45, 7) is 10.4. The Morgan fingerprint density at radius 3 is 2.80 bits per heavy atom. The Labute approximate surface area is 94.0 Å². The molecule has 2 rings (SSSR count). The van der Waals surface area contributed by atoms with Crippen molar-refractivity contribution in [2.45, 2.75) is 58.6 Å². The Morgan fingerprint density at radius 1 is 1.27 bits per heavy atom. The minimum Gasteiger partial charge on any atom is -0.375 e. The van der Waals surface area contributed by atoms with Crippen LogP contribution in [0.5, 0.6) is 0 Å². The van der Waals surface area contributed by atoms with Crippen LogP contribution in [0.2, 0.25) is 0 Å². The van der Waals surface area contributed by atoms with E-state index < -0.39 is 0 Å². The molecule has 0 spiro atoms. The van der Waals surface area contributed by atoms with Crippen molar-refractivity contribution in [3.8, 4) is 0 Å². The molecule has 2 aliphatic heterocycles. The quantitative estimate of drug-likeness (QED) is 0.661. The lowest BCUT2D eigenvalue weighted by atomic mass is 9.88. The van der Waals surface area contributed by atoms with Crippen LogP contribution in [0.1, 0.15) is 46.5 Å². The molecule has 2 heteroatoms. The van der Waals surface area contributed by atoms with E-state index in [0.717, 1.165) is 12.6 Å². The van der Waals surface area contributed by atoms with E-state index in [4.69, 9.17) is 4.74 Å². The zero-order valence-corrected chi connectivity index (χ0v) is 10.5. The van der Waals surface area contributed by atoms with E-state index in [0.29, 0.717) is 11.5 Å². The zero-order chi connectivity index (χ0) is 10.9. The molecule has 0 amide bonds. The van der Waals surface area contributed by atoms with Gasteiger partial charge in [0, 0.05) is 12.6 Å². The molecule has 2 fully saturated rings. The Morgan fingerprint density at radius 2 is 2.07 bits per heavy atom. The predicted molar refractivity (Wildman–Crippen MR) is 63.0 cm³/mol. The van der Waals surface area contributed by atoms with Crippen molar-refractivity contribution in [1.29, 1.82) is 0 Å². The first kappa shape index (κ1) is 11.4. The molecule has 0 radical (unpaired) electrons. The van der Waals surface area contributed by atoms with Crippen LogP contribution in [0, 0.1) is 5.41 Å². The van der Waals surface area contributed by atoms with E-state index in [1.54, 1.807) is 0 Å². The highest BCUT2D eigenvalue weighted by atomic mass is 16.5. The molecule has 2 unspecified atom stereocenters. The molecular formula is C13H25NO. The molecule has 0 bridgehead atoms. The maximum Gasteiger partial charge on any atom is 0.0707 e. The Balaban J connectivity index is 1.85. The predicted octanol–water partition coefficient (Wildman–Crippen LogP) is 2.68. The lowest BCUT2D eigenvalue weighted by Crippen LogP contribution is -2.52.